The number of hydrogen-bond acceptors (Lipinski definition) is 0. The second-order valence-corrected chi connectivity index (χ2v) is 21.6. The Balaban J connectivity index is 0.855. The molecule has 0 aliphatic heterocycles. The van der Waals surface area contributed by atoms with Crippen molar-refractivity contribution in [1.82, 2.24) is 0 Å². The highest BCUT2D eigenvalue weighted by molar-refractivity contribution is 5.04. The van der Waals surface area contributed by atoms with Gasteiger partial charge in [0.05, 0.1) is 0 Å². The molecule has 8 rings (SSSR count). The van der Waals surface area contributed by atoms with Crippen LogP contribution in [0.4, 0.5) is 0 Å². The smallest absolute Gasteiger partial charge is 0.0321 e. The molecule has 0 bridgehead atoms. The fourth-order valence-electron chi connectivity index (χ4n) is 17.2. The van der Waals surface area contributed by atoms with Crippen molar-refractivity contribution in [2.75, 3.05) is 0 Å². The minimum Gasteiger partial charge on any atom is -0.0651 e. The summed E-state index contributed by atoms with van der Waals surface area (Å²) in [7, 11) is 0. The summed E-state index contributed by atoms with van der Waals surface area (Å²) in [6.07, 6.45) is 50.5. The zero-order valence-electron chi connectivity index (χ0n) is 33.9. The Bertz CT molecular complexity index is 992. The maximum Gasteiger partial charge on any atom is -0.0321 e. The lowest BCUT2D eigenvalue weighted by Crippen LogP contribution is -2.42. The van der Waals surface area contributed by atoms with E-state index in [2.05, 4.69) is 13.8 Å². The van der Waals surface area contributed by atoms with Crippen LogP contribution in [-0.4, -0.2) is 0 Å². The Labute approximate surface area is 313 Å². The first-order valence-electron chi connectivity index (χ1n) is 24.7. The molecule has 12 atom stereocenters. The van der Waals surface area contributed by atoms with Crippen LogP contribution in [0.15, 0.2) is 0 Å². The Morgan fingerprint density at radius 2 is 1.14 bits per heavy atom. The summed E-state index contributed by atoms with van der Waals surface area (Å²) in [6, 6.07) is 0. The van der Waals surface area contributed by atoms with E-state index in [1.54, 1.807) is 180 Å². The normalized spacial score (nSPS) is 45.8. The largest absolute Gasteiger partial charge is 0.0651 e. The van der Waals surface area contributed by atoms with Gasteiger partial charge in [-0.15, -0.1) is 0 Å². The van der Waals surface area contributed by atoms with Gasteiger partial charge in [0.2, 0.25) is 0 Å². The second-order valence-electron chi connectivity index (χ2n) is 21.6. The lowest BCUT2D eigenvalue weighted by Gasteiger charge is -2.49. The quantitative estimate of drug-likeness (QED) is 0.215. The molecule has 0 nitrogen and oxygen atoms in total. The van der Waals surface area contributed by atoms with Crippen LogP contribution < -0.4 is 0 Å². The van der Waals surface area contributed by atoms with Gasteiger partial charge < -0.3 is 0 Å². The van der Waals surface area contributed by atoms with Crippen molar-refractivity contribution < 1.29 is 0 Å². The van der Waals surface area contributed by atoms with Crippen molar-refractivity contribution in [2.24, 2.45) is 94.7 Å². The highest BCUT2D eigenvalue weighted by Crippen LogP contribution is 2.63. The lowest BCUT2D eigenvalue weighted by molar-refractivity contribution is -0.000860. The molecule has 0 aromatic carbocycles. The maximum absolute atomic E-state index is 2.78. The molecule has 11 unspecified atom stereocenters. The molecule has 0 saturated heterocycles. The van der Waals surface area contributed by atoms with E-state index in [-0.39, 0.29) is 0 Å². The molecule has 0 heteroatoms. The molecule has 0 heterocycles. The fourth-order valence-corrected chi connectivity index (χ4v) is 17.2. The first-order chi connectivity index (χ1) is 24.7. The SMILES string of the molecule is CCC1CCCCC1C(CCC1CCC(C2CCCC(CC3CCC4C5CCCCC5[C@H](C)C4C3C3CCCCC3)C2)CC1)C1CCCCC1. The third kappa shape index (κ3) is 8.16. The summed E-state index contributed by atoms with van der Waals surface area (Å²) in [5, 5.41) is 0. The third-order valence-corrected chi connectivity index (χ3v) is 19.5. The van der Waals surface area contributed by atoms with Crippen LogP contribution in [0.1, 0.15) is 219 Å². The molecule has 8 fully saturated rings. The van der Waals surface area contributed by atoms with Crippen LogP contribution in [0.3, 0.4) is 0 Å². The summed E-state index contributed by atoms with van der Waals surface area (Å²) in [4.78, 5) is 0. The van der Waals surface area contributed by atoms with Crippen molar-refractivity contribution in [1.29, 1.82) is 0 Å². The Hall–Kier alpha value is 0. The molecule has 0 aromatic heterocycles. The van der Waals surface area contributed by atoms with Crippen LogP contribution in [0.5, 0.6) is 0 Å². The highest BCUT2D eigenvalue weighted by Gasteiger charge is 2.56. The van der Waals surface area contributed by atoms with Gasteiger partial charge in [-0.25, -0.2) is 0 Å². The summed E-state index contributed by atoms with van der Waals surface area (Å²) < 4.78 is 0. The van der Waals surface area contributed by atoms with Crippen LogP contribution in [0, 0.1) is 94.7 Å². The van der Waals surface area contributed by atoms with E-state index in [4.69, 9.17) is 0 Å². The third-order valence-electron chi connectivity index (χ3n) is 19.5. The van der Waals surface area contributed by atoms with E-state index in [1.807, 2.05) is 0 Å². The predicted molar refractivity (Wildman–Crippen MR) is 215 cm³/mol. The van der Waals surface area contributed by atoms with Crippen LogP contribution in [0.2, 0.25) is 0 Å². The summed E-state index contributed by atoms with van der Waals surface area (Å²) >= 11 is 0. The molecule has 8 saturated carbocycles. The number of rotatable bonds is 10. The summed E-state index contributed by atoms with van der Waals surface area (Å²) in [6.45, 7) is 5.31. The zero-order valence-corrected chi connectivity index (χ0v) is 33.9. The Morgan fingerprint density at radius 1 is 0.460 bits per heavy atom. The zero-order chi connectivity index (χ0) is 33.9. The van der Waals surface area contributed by atoms with E-state index in [0.717, 1.165) is 94.7 Å². The van der Waals surface area contributed by atoms with Crippen molar-refractivity contribution in [3.05, 3.63) is 0 Å². The minimum atomic E-state index is 1.04. The van der Waals surface area contributed by atoms with E-state index < -0.39 is 0 Å². The Kier molecular flexibility index (Phi) is 13.0. The number of fused-ring (bicyclic) bond motifs is 3. The molecular formula is C50H86. The first-order valence-corrected chi connectivity index (χ1v) is 24.7. The van der Waals surface area contributed by atoms with E-state index >= 15 is 0 Å². The molecule has 0 amide bonds. The molecular weight excluding hydrogens is 601 g/mol. The van der Waals surface area contributed by atoms with Gasteiger partial charge in [-0.2, -0.15) is 0 Å². The van der Waals surface area contributed by atoms with Gasteiger partial charge in [0, 0.05) is 0 Å². The van der Waals surface area contributed by atoms with Gasteiger partial charge in [0.15, 0.2) is 0 Å². The van der Waals surface area contributed by atoms with Gasteiger partial charge in [-0.05, 0) is 159 Å². The Morgan fingerprint density at radius 3 is 1.92 bits per heavy atom. The molecule has 50 heavy (non-hydrogen) atoms. The van der Waals surface area contributed by atoms with Gasteiger partial charge in [-0.3, -0.25) is 0 Å². The standard InChI is InChI=1S/C50H86/c1-3-38-16-10-11-23-45(38)46(40-17-6-4-7-18-40)31-27-36-25-28-39(29-26-36)42-21-14-15-37(33-42)34-43-30-32-48-47-24-13-12-22-44(47)35(2)49(48)50(43)41-19-8-5-9-20-41/h35-50H,3-34H2,1-2H3/t35-,36?,37?,38?,39?,42?,43?,44?,45?,46?,47?,48?,49?,50?/m0/s1. The van der Waals surface area contributed by atoms with Gasteiger partial charge in [-0.1, -0.05) is 155 Å². The highest BCUT2D eigenvalue weighted by atomic mass is 14.6. The average molecular weight is 687 g/mol. The monoisotopic (exact) mass is 687 g/mol. The molecule has 0 aromatic rings. The van der Waals surface area contributed by atoms with Gasteiger partial charge in [0.25, 0.3) is 0 Å². The average Bonchev–Trinajstić information content (AvgIpc) is 3.47. The second kappa shape index (κ2) is 17.6. The molecule has 8 aliphatic carbocycles. The van der Waals surface area contributed by atoms with Crippen LogP contribution in [-0.2, 0) is 0 Å². The first kappa shape index (κ1) is 36.9. The molecule has 0 radical (unpaired) electrons. The minimum absolute atomic E-state index is 1.04. The number of hydrogen-bond donors (Lipinski definition) is 0. The van der Waals surface area contributed by atoms with E-state index in [9.17, 15) is 0 Å². The van der Waals surface area contributed by atoms with Crippen molar-refractivity contribution in [3.8, 4) is 0 Å². The van der Waals surface area contributed by atoms with E-state index in [1.165, 1.54) is 25.7 Å². The topological polar surface area (TPSA) is 0 Å². The summed E-state index contributed by atoms with van der Waals surface area (Å²) in [5.41, 5.74) is 0. The van der Waals surface area contributed by atoms with E-state index in [0.29, 0.717) is 0 Å². The predicted octanol–water partition coefficient (Wildman–Crippen LogP) is 15.5. The van der Waals surface area contributed by atoms with Gasteiger partial charge in [0.1, 0.15) is 0 Å². The van der Waals surface area contributed by atoms with Crippen LogP contribution >= 0.6 is 0 Å². The molecule has 0 spiro atoms. The van der Waals surface area contributed by atoms with Crippen LogP contribution in [0.25, 0.3) is 0 Å². The fraction of sp³-hybridized carbons (Fsp3) is 1.00. The van der Waals surface area contributed by atoms with Crippen molar-refractivity contribution in [2.45, 2.75) is 219 Å². The summed E-state index contributed by atoms with van der Waals surface area (Å²) in [5.74, 6) is 17.5. The molecule has 8 aliphatic rings. The van der Waals surface area contributed by atoms with Crippen molar-refractivity contribution in [3.63, 3.8) is 0 Å². The van der Waals surface area contributed by atoms with Crippen molar-refractivity contribution >= 4 is 0 Å². The molecule has 0 N–H and O–H groups in total. The van der Waals surface area contributed by atoms with Gasteiger partial charge >= 0.3 is 0 Å². The lowest BCUT2D eigenvalue weighted by atomic mass is 9.56. The molecule has 286 valence electrons. The maximum atomic E-state index is 2.78.